The van der Waals surface area contributed by atoms with Gasteiger partial charge in [0.1, 0.15) is 5.76 Å². The van der Waals surface area contributed by atoms with E-state index in [1.165, 1.54) is 6.92 Å². The highest BCUT2D eigenvalue weighted by molar-refractivity contribution is 9.10. The van der Waals surface area contributed by atoms with Crippen LogP contribution in [0.1, 0.15) is 23.6 Å². The van der Waals surface area contributed by atoms with Gasteiger partial charge >= 0.3 is 11.9 Å². The normalized spacial score (nSPS) is 15.0. The van der Waals surface area contributed by atoms with Crippen molar-refractivity contribution in [2.45, 2.75) is 13.8 Å². The molecule has 0 unspecified atom stereocenters. The Labute approximate surface area is 164 Å². The summed E-state index contributed by atoms with van der Waals surface area (Å²) in [5.74, 6) is -0.196. The van der Waals surface area contributed by atoms with Gasteiger partial charge in [0.2, 0.25) is 0 Å². The second kappa shape index (κ2) is 7.48. The molecule has 132 valence electrons. The van der Waals surface area contributed by atoms with E-state index in [0.717, 1.165) is 11.1 Å². The monoisotopic (exact) mass is 432 g/mol. The minimum absolute atomic E-state index is 0.291. The van der Waals surface area contributed by atoms with Crippen LogP contribution in [0.4, 0.5) is 0 Å². The van der Waals surface area contributed by atoms with Gasteiger partial charge in [-0.3, -0.25) is 4.79 Å². The molecule has 0 amide bonds. The Morgan fingerprint density at radius 3 is 2.58 bits per heavy atom. The first-order chi connectivity index (χ1) is 12.3. The van der Waals surface area contributed by atoms with Crippen LogP contribution in [0.15, 0.2) is 52.5 Å². The van der Waals surface area contributed by atoms with Crippen LogP contribution >= 0.6 is 27.5 Å². The van der Waals surface area contributed by atoms with E-state index >= 15 is 0 Å². The molecule has 3 rings (SSSR count). The Kier molecular flexibility index (Phi) is 5.30. The number of benzene rings is 2. The molecule has 1 aliphatic heterocycles. The zero-order chi connectivity index (χ0) is 18.8. The van der Waals surface area contributed by atoms with Gasteiger partial charge in [-0.05, 0) is 47.1 Å². The first-order valence-electron chi connectivity index (χ1n) is 7.73. The molecular formula is C20H14BrClO4. The Balaban J connectivity index is 2.03. The molecule has 0 radical (unpaired) electrons. The van der Waals surface area contributed by atoms with Gasteiger partial charge < -0.3 is 9.47 Å². The number of esters is 2. The Hall–Kier alpha value is -2.37. The summed E-state index contributed by atoms with van der Waals surface area (Å²) in [6.45, 7) is 3.29. The van der Waals surface area contributed by atoms with Crippen LogP contribution < -0.4 is 4.74 Å². The van der Waals surface area contributed by atoms with E-state index in [1.54, 1.807) is 24.3 Å². The van der Waals surface area contributed by atoms with Gasteiger partial charge in [-0.25, -0.2) is 4.79 Å². The van der Waals surface area contributed by atoms with Gasteiger partial charge in [0, 0.05) is 23.1 Å². The van der Waals surface area contributed by atoms with Crippen molar-refractivity contribution in [2.75, 3.05) is 0 Å². The molecule has 1 heterocycles. The third kappa shape index (κ3) is 4.06. The average Bonchev–Trinajstić information content (AvgIpc) is 2.92. The molecule has 26 heavy (non-hydrogen) atoms. The number of halogens is 2. The second-order valence-electron chi connectivity index (χ2n) is 5.76. The van der Waals surface area contributed by atoms with Crippen molar-refractivity contribution in [1.29, 1.82) is 0 Å². The molecule has 0 atom stereocenters. The molecule has 0 spiro atoms. The minimum Gasteiger partial charge on any atom is -0.425 e. The fourth-order valence-corrected chi connectivity index (χ4v) is 3.37. The van der Waals surface area contributed by atoms with E-state index in [-0.39, 0.29) is 0 Å². The summed E-state index contributed by atoms with van der Waals surface area (Å²) in [5.41, 5.74) is 2.75. The van der Waals surface area contributed by atoms with Gasteiger partial charge in [0.05, 0.1) is 10.0 Å². The lowest BCUT2D eigenvalue weighted by molar-refractivity contribution is -0.132. The zero-order valence-electron chi connectivity index (χ0n) is 14.0. The largest absolute Gasteiger partial charge is 0.425 e. The molecular weight excluding hydrogens is 420 g/mol. The molecule has 0 saturated carbocycles. The van der Waals surface area contributed by atoms with Crippen LogP contribution in [0.2, 0.25) is 5.02 Å². The van der Waals surface area contributed by atoms with Crippen LogP contribution in [-0.4, -0.2) is 11.9 Å². The highest BCUT2D eigenvalue weighted by Crippen LogP contribution is 2.36. The summed E-state index contributed by atoms with van der Waals surface area (Å²) in [6.07, 6.45) is 3.23. The number of hydrogen-bond acceptors (Lipinski definition) is 4. The second-order valence-corrected chi connectivity index (χ2v) is 7.05. The fraction of sp³-hybridized carbons (Fsp3) is 0.100. The number of aryl methyl sites for hydroxylation is 1. The van der Waals surface area contributed by atoms with E-state index in [1.807, 2.05) is 31.2 Å². The van der Waals surface area contributed by atoms with Gasteiger partial charge in [-0.2, -0.15) is 0 Å². The molecule has 0 fully saturated rings. The van der Waals surface area contributed by atoms with E-state index in [2.05, 4.69) is 15.9 Å². The Bertz CT molecular complexity index is 959. The summed E-state index contributed by atoms with van der Waals surface area (Å²) in [4.78, 5) is 23.6. The number of rotatable bonds is 3. The van der Waals surface area contributed by atoms with Gasteiger partial charge in [-0.15, -0.1) is 0 Å². The zero-order valence-corrected chi connectivity index (χ0v) is 16.3. The first kappa shape index (κ1) is 18.4. The van der Waals surface area contributed by atoms with Crippen molar-refractivity contribution in [2.24, 2.45) is 0 Å². The maximum Gasteiger partial charge on any atom is 0.343 e. The topological polar surface area (TPSA) is 52.6 Å². The maximum absolute atomic E-state index is 12.2. The summed E-state index contributed by atoms with van der Waals surface area (Å²) < 4.78 is 11.1. The molecule has 2 aromatic carbocycles. The number of carbonyl (C=O) groups is 2. The number of hydrogen-bond donors (Lipinski definition) is 0. The molecule has 1 aliphatic rings. The maximum atomic E-state index is 12.2. The van der Waals surface area contributed by atoms with Crippen LogP contribution in [0.25, 0.3) is 11.8 Å². The number of carbonyl (C=O) groups excluding carboxylic acids is 2. The summed E-state index contributed by atoms with van der Waals surface area (Å²) in [7, 11) is 0. The molecule has 0 aliphatic carbocycles. The van der Waals surface area contributed by atoms with E-state index in [0.29, 0.717) is 32.1 Å². The summed E-state index contributed by atoms with van der Waals surface area (Å²) in [5, 5.41) is 0.439. The molecule has 0 bridgehead atoms. The molecule has 4 nitrogen and oxygen atoms in total. The van der Waals surface area contributed by atoms with Crippen molar-refractivity contribution in [1.82, 2.24) is 0 Å². The van der Waals surface area contributed by atoms with Crippen LogP contribution in [0, 0.1) is 6.92 Å². The smallest absolute Gasteiger partial charge is 0.343 e. The predicted octanol–water partition coefficient (Wildman–Crippen LogP) is 5.32. The van der Waals surface area contributed by atoms with Crippen LogP contribution in [-0.2, 0) is 14.3 Å². The SMILES string of the molecule is CC(=O)Oc1c(Br)cc(Cl)cc1/C=C1\C=C(c2ccc(C)cc2)OC1=O. The third-order valence-corrected chi connectivity index (χ3v) is 4.46. The van der Waals surface area contributed by atoms with E-state index in [9.17, 15) is 9.59 Å². The quantitative estimate of drug-likeness (QED) is 0.373. The van der Waals surface area contributed by atoms with E-state index < -0.39 is 11.9 Å². The number of cyclic esters (lactones) is 1. The standard InChI is InChI=1S/C20H14BrClO4/c1-11-3-5-13(6-4-11)18-9-15(20(24)26-18)7-14-8-16(22)10-17(21)19(14)25-12(2)23/h3-10H,1-2H3/b15-7+. The highest BCUT2D eigenvalue weighted by atomic mass is 79.9. The van der Waals surface area contributed by atoms with Crippen molar-refractivity contribution < 1.29 is 19.1 Å². The predicted molar refractivity (Wildman–Crippen MR) is 104 cm³/mol. The summed E-state index contributed by atoms with van der Waals surface area (Å²) >= 11 is 9.41. The van der Waals surface area contributed by atoms with Gasteiger partial charge in [0.25, 0.3) is 0 Å². The highest BCUT2D eigenvalue weighted by Gasteiger charge is 2.23. The molecule has 6 heteroatoms. The van der Waals surface area contributed by atoms with E-state index in [4.69, 9.17) is 21.1 Å². The Morgan fingerprint density at radius 1 is 1.23 bits per heavy atom. The lowest BCUT2D eigenvalue weighted by Crippen LogP contribution is -2.04. The molecule has 2 aromatic rings. The van der Waals surface area contributed by atoms with Gasteiger partial charge in [-0.1, -0.05) is 41.4 Å². The third-order valence-electron chi connectivity index (χ3n) is 3.65. The number of ether oxygens (including phenoxy) is 2. The van der Waals surface area contributed by atoms with Crippen LogP contribution in [0.5, 0.6) is 5.75 Å². The van der Waals surface area contributed by atoms with Crippen molar-refractivity contribution in [3.8, 4) is 5.75 Å². The summed E-state index contributed by atoms with van der Waals surface area (Å²) in [6, 6.07) is 10.9. The van der Waals surface area contributed by atoms with Gasteiger partial charge in [0.15, 0.2) is 5.75 Å². The molecule has 0 saturated heterocycles. The minimum atomic E-state index is -0.481. The average molecular weight is 434 g/mol. The van der Waals surface area contributed by atoms with Crippen molar-refractivity contribution in [3.63, 3.8) is 0 Å². The van der Waals surface area contributed by atoms with Crippen molar-refractivity contribution in [3.05, 3.63) is 74.2 Å². The first-order valence-corrected chi connectivity index (χ1v) is 8.90. The lowest BCUT2D eigenvalue weighted by atomic mass is 10.1. The fourth-order valence-electron chi connectivity index (χ4n) is 2.46. The van der Waals surface area contributed by atoms with Crippen molar-refractivity contribution >= 4 is 51.3 Å². The molecule has 0 N–H and O–H groups in total. The molecule has 0 aromatic heterocycles. The Morgan fingerprint density at radius 2 is 1.92 bits per heavy atom. The van der Waals surface area contributed by atoms with Crippen LogP contribution in [0.3, 0.4) is 0 Å². The lowest BCUT2D eigenvalue weighted by Gasteiger charge is -2.09.